The van der Waals surface area contributed by atoms with E-state index in [9.17, 15) is 4.79 Å². The van der Waals surface area contributed by atoms with Gasteiger partial charge in [-0.05, 0) is 12.8 Å². The Bertz CT molecular complexity index is 198. The zero-order valence-corrected chi connectivity index (χ0v) is 8.88. The monoisotopic (exact) mass is 201 g/mol. The Labute approximate surface area is 84.6 Å². The molecule has 0 aromatic heterocycles. The summed E-state index contributed by atoms with van der Waals surface area (Å²) in [5, 5.41) is 11.1. The fraction of sp³-hybridized carbons (Fsp3) is 0.900. The molecule has 0 aromatic rings. The van der Waals surface area contributed by atoms with Gasteiger partial charge in [-0.25, -0.2) is 4.79 Å². The van der Waals surface area contributed by atoms with Crippen LogP contribution >= 0.6 is 0 Å². The zero-order chi connectivity index (χ0) is 10.6. The van der Waals surface area contributed by atoms with E-state index in [-0.39, 0.29) is 6.61 Å². The number of carbonyl (C=O) groups is 1. The van der Waals surface area contributed by atoms with E-state index in [1.165, 1.54) is 32.6 Å². The Kier molecular flexibility index (Phi) is 3.75. The third-order valence-electron chi connectivity index (χ3n) is 2.50. The molecule has 82 valence electrons. The molecule has 2 N–H and O–H groups in total. The molecule has 0 bridgehead atoms. The Morgan fingerprint density at radius 1 is 1.50 bits per heavy atom. The highest BCUT2D eigenvalue weighted by Crippen LogP contribution is 2.22. The SMILES string of the molecule is CC1(O)COC(=O)N1.CC1CCCC1. The lowest BCUT2D eigenvalue weighted by Gasteiger charge is -2.09. The number of hydrogen-bond acceptors (Lipinski definition) is 3. The lowest BCUT2D eigenvalue weighted by molar-refractivity contribution is 0.0321. The van der Waals surface area contributed by atoms with Crippen molar-refractivity contribution in [2.75, 3.05) is 6.61 Å². The number of amides is 1. The van der Waals surface area contributed by atoms with Gasteiger partial charge < -0.3 is 9.84 Å². The number of nitrogens with one attached hydrogen (secondary N) is 1. The van der Waals surface area contributed by atoms with E-state index < -0.39 is 11.8 Å². The summed E-state index contributed by atoms with van der Waals surface area (Å²) >= 11 is 0. The van der Waals surface area contributed by atoms with E-state index in [0.717, 1.165) is 5.92 Å². The van der Waals surface area contributed by atoms with Crippen molar-refractivity contribution in [3.63, 3.8) is 0 Å². The molecule has 2 fully saturated rings. The van der Waals surface area contributed by atoms with Crippen molar-refractivity contribution in [3.05, 3.63) is 0 Å². The van der Waals surface area contributed by atoms with Crippen LogP contribution in [0.2, 0.25) is 0 Å². The molecular formula is C10H19NO3. The maximum Gasteiger partial charge on any atom is 0.409 e. The van der Waals surface area contributed by atoms with Crippen LogP contribution in [0.25, 0.3) is 0 Å². The fourth-order valence-corrected chi connectivity index (χ4v) is 1.63. The Balaban J connectivity index is 0.000000146. The number of carbonyl (C=O) groups excluding carboxylic acids is 1. The van der Waals surface area contributed by atoms with Crippen molar-refractivity contribution in [2.24, 2.45) is 5.92 Å². The van der Waals surface area contributed by atoms with Crippen LogP contribution in [0.5, 0.6) is 0 Å². The molecule has 4 heteroatoms. The molecule has 0 spiro atoms. The first-order valence-electron chi connectivity index (χ1n) is 5.17. The van der Waals surface area contributed by atoms with Crippen LogP contribution in [0.3, 0.4) is 0 Å². The van der Waals surface area contributed by atoms with Crippen molar-refractivity contribution in [1.82, 2.24) is 5.32 Å². The van der Waals surface area contributed by atoms with Gasteiger partial charge in [-0.2, -0.15) is 0 Å². The second kappa shape index (κ2) is 4.64. The summed E-state index contributed by atoms with van der Waals surface area (Å²) in [6, 6.07) is 0. The second-order valence-electron chi connectivity index (χ2n) is 4.36. The quantitative estimate of drug-likeness (QED) is 0.626. The van der Waals surface area contributed by atoms with Gasteiger partial charge in [-0.15, -0.1) is 0 Å². The summed E-state index contributed by atoms with van der Waals surface area (Å²) in [6.45, 7) is 3.84. The number of cyclic esters (lactones) is 1. The topological polar surface area (TPSA) is 58.6 Å². The zero-order valence-electron chi connectivity index (χ0n) is 8.88. The van der Waals surface area contributed by atoms with Gasteiger partial charge in [0.1, 0.15) is 6.61 Å². The first-order valence-corrected chi connectivity index (χ1v) is 5.17. The van der Waals surface area contributed by atoms with E-state index in [4.69, 9.17) is 5.11 Å². The van der Waals surface area contributed by atoms with Gasteiger partial charge in [0.05, 0.1) is 0 Å². The standard InChI is InChI=1S/C6H12.C4H7NO3/c1-6-4-2-3-5-6;1-4(7)2-8-3(6)5-4/h6H,2-5H2,1H3;7H,2H2,1H3,(H,5,6). The third-order valence-corrected chi connectivity index (χ3v) is 2.50. The number of rotatable bonds is 0. The Hall–Kier alpha value is -0.770. The highest BCUT2D eigenvalue weighted by Gasteiger charge is 2.31. The van der Waals surface area contributed by atoms with E-state index in [1.54, 1.807) is 0 Å². The second-order valence-corrected chi connectivity index (χ2v) is 4.36. The molecule has 0 radical (unpaired) electrons. The molecule has 4 nitrogen and oxygen atoms in total. The molecule has 14 heavy (non-hydrogen) atoms. The number of hydrogen-bond donors (Lipinski definition) is 2. The van der Waals surface area contributed by atoms with Crippen molar-refractivity contribution >= 4 is 6.09 Å². The molecule has 1 aliphatic carbocycles. The van der Waals surface area contributed by atoms with Crippen molar-refractivity contribution < 1.29 is 14.6 Å². The van der Waals surface area contributed by atoms with Gasteiger partial charge in [-0.3, -0.25) is 5.32 Å². The summed E-state index contributed by atoms with van der Waals surface area (Å²) < 4.78 is 4.37. The van der Waals surface area contributed by atoms with Crippen LogP contribution in [0.15, 0.2) is 0 Å². The Morgan fingerprint density at radius 2 is 2.07 bits per heavy atom. The van der Waals surface area contributed by atoms with Crippen LogP contribution in [-0.2, 0) is 4.74 Å². The smallest absolute Gasteiger partial charge is 0.409 e. The average Bonchev–Trinajstić information content (AvgIpc) is 2.62. The lowest BCUT2D eigenvalue weighted by atomic mass is 10.2. The predicted octanol–water partition coefficient (Wildman–Crippen LogP) is 1.63. The minimum absolute atomic E-state index is 0.0336. The molecule has 1 heterocycles. The third kappa shape index (κ3) is 3.96. The summed E-state index contributed by atoms with van der Waals surface area (Å²) in [7, 11) is 0. The molecular weight excluding hydrogens is 182 g/mol. The van der Waals surface area contributed by atoms with Gasteiger partial charge >= 0.3 is 6.09 Å². The van der Waals surface area contributed by atoms with Gasteiger partial charge in [0.15, 0.2) is 5.72 Å². The highest BCUT2D eigenvalue weighted by molar-refractivity contribution is 5.69. The summed E-state index contributed by atoms with van der Waals surface area (Å²) in [6.07, 6.45) is 5.39. The molecule has 2 aliphatic rings. The van der Waals surface area contributed by atoms with Crippen LogP contribution in [-0.4, -0.2) is 23.5 Å². The first-order chi connectivity index (χ1) is 6.49. The van der Waals surface area contributed by atoms with E-state index in [0.29, 0.717) is 0 Å². The van der Waals surface area contributed by atoms with E-state index in [2.05, 4.69) is 17.0 Å². The molecule has 0 aromatic carbocycles. The maximum atomic E-state index is 10.2. The summed E-state index contributed by atoms with van der Waals surface area (Å²) in [5.41, 5.74) is -1.16. The van der Waals surface area contributed by atoms with Crippen molar-refractivity contribution in [3.8, 4) is 0 Å². The van der Waals surface area contributed by atoms with E-state index >= 15 is 0 Å². The van der Waals surface area contributed by atoms with Crippen LogP contribution in [0, 0.1) is 5.92 Å². The molecule has 1 aliphatic heterocycles. The van der Waals surface area contributed by atoms with Gasteiger partial charge in [0.2, 0.25) is 0 Å². The van der Waals surface area contributed by atoms with Crippen LogP contribution in [0.4, 0.5) is 4.79 Å². The minimum Gasteiger partial charge on any atom is -0.444 e. The molecule has 2 rings (SSSR count). The summed E-state index contributed by atoms with van der Waals surface area (Å²) in [4.78, 5) is 10.2. The molecule has 1 saturated heterocycles. The van der Waals surface area contributed by atoms with Crippen molar-refractivity contribution in [1.29, 1.82) is 0 Å². The average molecular weight is 201 g/mol. The van der Waals surface area contributed by atoms with Crippen LogP contribution in [0.1, 0.15) is 39.5 Å². The van der Waals surface area contributed by atoms with Crippen LogP contribution < -0.4 is 5.32 Å². The Morgan fingerprint density at radius 3 is 2.21 bits per heavy atom. The van der Waals surface area contributed by atoms with Gasteiger partial charge in [0, 0.05) is 0 Å². The van der Waals surface area contributed by atoms with Gasteiger partial charge in [0.25, 0.3) is 0 Å². The van der Waals surface area contributed by atoms with Crippen molar-refractivity contribution in [2.45, 2.75) is 45.3 Å². The number of ether oxygens (including phenoxy) is 1. The first kappa shape index (κ1) is 11.3. The molecule has 1 unspecified atom stereocenters. The highest BCUT2D eigenvalue weighted by atomic mass is 16.6. The lowest BCUT2D eigenvalue weighted by Crippen LogP contribution is -2.39. The largest absolute Gasteiger partial charge is 0.444 e. The maximum absolute atomic E-state index is 10.2. The predicted molar refractivity (Wildman–Crippen MR) is 52.7 cm³/mol. The fourth-order valence-electron chi connectivity index (χ4n) is 1.63. The summed E-state index contributed by atoms with van der Waals surface area (Å²) in [5.74, 6) is 1.05. The minimum atomic E-state index is -1.16. The molecule has 1 atom stereocenters. The number of alkyl carbamates (subject to hydrolysis) is 1. The van der Waals surface area contributed by atoms with Gasteiger partial charge in [-0.1, -0.05) is 32.6 Å². The molecule has 1 amide bonds. The van der Waals surface area contributed by atoms with E-state index in [1.807, 2.05) is 0 Å². The molecule has 1 saturated carbocycles. The number of aliphatic hydroxyl groups is 1. The normalized spacial score (nSPS) is 31.8.